The fourth-order valence-electron chi connectivity index (χ4n) is 7.50. The number of rotatable bonds is 10. The van der Waals surface area contributed by atoms with E-state index in [-0.39, 0.29) is 0 Å². The third-order valence-electron chi connectivity index (χ3n) is 10.6. The molecule has 10 rings (SSSR count). The minimum absolute atomic E-state index is 0.574. The van der Waals surface area contributed by atoms with Gasteiger partial charge in [0.1, 0.15) is 0 Å². The normalized spacial score (nSPS) is 13.4. The second-order valence-corrected chi connectivity index (χ2v) is 16.0. The van der Waals surface area contributed by atoms with Crippen LogP contribution >= 0.6 is 11.8 Å². The monoisotopic (exact) mass is 814 g/mol. The lowest BCUT2D eigenvalue weighted by Gasteiger charge is -2.21. The third kappa shape index (κ3) is 8.30. The van der Waals surface area contributed by atoms with Crippen molar-refractivity contribution in [3.8, 4) is 68.1 Å². The van der Waals surface area contributed by atoms with Gasteiger partial charge in [-0.15, -0.1) is 0 Å². The van der Waals surface area contributed by atoms with Crippen LogP contribution < -0.4 is 0 Å². The summed E-state index contributed by atoms with van der Waals surface area (Å²) in [5, 5.41) is 0. The average Bonchev–Trinajstić information content (AvgIpc) is 3.52. The van der Waals surface area contributed by atoms with Crippen molar-refractivity contribution in [3.05, 3.63) is 235 Å². The van der Waals surface area contributed by atoms with Gasteiger partial charge < -0.3 is 0 Å². The fourth-order valence-corrected chi connectivity index (χ4v) is 8.59. The number of hydrogen-bond acceptors (Lipinski definition) is 7. The maximum absolute atomic E-state index is 4.99. The lowest BCUT2D eigenvalue weighted by molar-refractivity contribution is 1.04. The van der Waals surface area contributed by atoms with Crippen LogP contribution in [-0.2, 0) is 0 Å². The second-order valence-electron chi connectivity index (χ2n) is 14.8. The molecule has 2 aliphatic rings. The Morgan fingerprint density at radius 1 is 0.484 bits per heavy atom. The van der Waals surface area contributed by atoms with Crippen LogP contribution in [0, 0.1) is 0 Å². The minimum atomic E-state index is 0.574. The van der Waals surface area contributed by atoms with E-state index in [0.29, 0.717) is 34.9 Å². The highest BCUT2D eigenvalue weighted by Crippen LogP contribution is 2.47. The first-order valence-corrected chi connectivity index (χ1v) is 21.2. The highest BCUT2D eigenvalue weighted by molar-refractivity contribution is 8.03. The number of fused-ring (bicyclic) bond motifs is 4. The highest BCUT2D eigenvalue weighted by atomic mass is 32.2. The van der Waals surface area contributed by atoms with Gasteiger partial charge in [0.05, 0.1) is 0 Å². The molecule has 0 fully saturated rings. The highest BCUT2D eigenvalue weighted by Gasteiger charge is 2.21. The fraction of sp³-hybridized carbons (Fsp3) is 0.0182. The van der Waals surface area contributed by atoms with Gasteiger partial charge >= 0.3 is 0 Å². The zero-order chi connectivity index (χ0) is 41.7. The SMILES string of the molecule is C=C/C=C(\C=C\C1=CC=C2CC(=C1)c1cc(-c3cccc(-c4nc(-c5ccccc5)nc(-c5ccccc5)n4)c3)ccc1S2)c1nc(-c2ccccc2)nc(-c2ccccc2)n1. The predicted octanol–water partition coefficient (Wildman–Crippen LogP) is 13.6. The molecule has 0 N–H and O–H groups in total. The number of thioether (sulfide) groups is 1. The Hall–Kier alpha value is -7.87. The first-order valence-electron chi connectivity index (χ1n) is 20.4. The summed E-state index contributed by atoms with van der Waals surface area (Å²) in [6, 6.07) is 55.4. The van der Waals surface area contributed by atoms with Gasteiger partial charge in [-0.1, -0.05) is 206 Å². The van der Waals surface area contributed by atoms with Gasteiger partial charge in [-0.25, -0.2) is 29.9 Å². The van der Waals surface area contributed by atoms with Crippen LogP contribution in [0.4, 0.5) is 0 Å². The summed E-state index contributed by atoms with van der Waals surface area (Å²) in [5.74, 6) is 3.72. The molecule has 0 atom stereocenters. The Balaban J connectivity index is 0.977. The lowest BCUT2D eigenvalue weighted by Crippen LogP contribution is -2.02. The van der Waals surface area contributed by atoms with Crippen molar-refractivity contribution in [1.82, 2.24) is 29.9 Å². The molecule has 0 unspecified atom stereocenters. The number of nitrogens with zero attached hydrogens (tertiary/aromatic N) is 6. The van der Waals surface area contributed by atoms with Crippen molar-refractivity contribution in [2.75, 3.05) is 0 Å². The molecule has 1 aliphatic heterocycles. The van der Waals surface area contributed by atoms with Crippen LogP contribution in [-0.4, -0.2) is 29.9 Å². The quantitative estimate of drug-likeness (QED) is 0.127. The molecule has 6 nitrogen and oxygen atoms in total. The topological polar surface area (TPSA) is 77.3 Å². The van der Waals surface area contributed by atoms with Crippen LogP contribution in [0.3, 0.4) is 0 Å². The summed E-state index contributed by atoms with van der Waals surface area (Å²) in [5.41, 5.74) is 11.3. The maximum atomic E-state index is 4.99. The Kier molecular flexibility index (Phi) is 10.8. The minimum Gasteiger partial charge on any atom is -0.208 e. The molecule has 0 amide bonds. The molecular weight excluding hydrogens is 777 g/mol. The van der Waals surface area contributed by atoms with Crippen molar-refractivity contribution in [2.24, 2.45) is 0 Å². The molecule has 62 heavy (non-hydrogen) atoms. The van der Waals surface area contributed by atoms with Crippen molar-refractivity contribution in [1.29, 1.82) is 0 Å². The summed E-state index contributed by atoms with van der Waals surface area (Å²) >= 11 is 1.83. The van der Waals surface area contributed by atoms with E-state index in [1.165, 1.54) is 20.9 Å². The molecule has 0 spiro atoms. The van der Waals surface area contributed by atoms with Crippen molar-refractivity contribution >= 4 is 22.9 Å². The van der Waals surface area contributed by atoms with Crippen LogP contribution in [0.2, 0.25) is 0 Å². The van der Waals surface area contributed by atoms with E-state index in [4.69, 9.17) is 29.9 Å². The number of allylic oxidation sites excluding steroid dienone is 11. The van der Waals surface area contributed by atoms with E-state index in [2.05, 4.69) is 79.4 Å². The molecule has 0 radical (unpaired) electrons. The van der Waals surface area contributed by atoms with Gasteiger partial charge in [-0.2, -0.15) is 0 Å². The summed E-state index contributed by atoms with van der Waals surface area (Å²) in [6.45, 7) is 4.02. The van der Waals surface area contributed by atoms with Gasteiger partial charge in [0.15, 0.2) is 34.9 Å². The first kappa shape index (κ1) is 38.3. The van der Waals surface area contributed by atoms with Crippen LogP contribution in [0.1, 0.15) is 17.8 Å². The lowest BCUT2D eigenvalue weighted by atomic mass is 9.95. The van der Waals surface area contributed by atoms with Crippen LogP contribution in [0.5, 0.6) is 0 Å². The molecule has 1 aliphatic carbocycles. The number of benzene rings is 6. The third-order valence-corrected chi connectivity index (χ3v) is 11.7. The molecule has 3 heterocycles. The van der Waals surface area contributed by atoms with E-state index >= 15 is 0 Å². The second kappa shape index (κ2) is 17.4. The Morgan fingerprint density at radius 2 is 0.968 bits per heavy atom. The Labute approximate surface area is 365 Å². The van der Waals surface area contributed by atoms with Crippen LogP contribution in [0.25, 0.3) is 79.2 Å². The molecule has 7 heteroatoms. The largest absolute Gasteiger partial charge is 0.208 e. The summed E-state index contributed by atoms with van der Waals surface area (Å²) < 4.78 is 0. The van der Waals surface area contributed by atoms with E-state index < -0.39 is 0 Å². The molecule has 294 valence electrons. The molecule has 8 aromatic rings. The van der Waals surface area contributed by atoms with Crippen molar-refractivity contribution in [3.63, 3.8) is 0 Å². The summed E-state index contributed by atoms with van der Waals surface area (Å²) in [7, 11) is 0. The Bertz CT molecular complexity index is 3000. The van der Waals surface area contributed by atoms with Gasteiger partial charge in [-0.05, 0) is 50.9 Å². The molecule has 2 aromatic heterocycles. The first-order chi connectivity index (χ1) is 30.6. The van der Waals surface area contributed by atoms with Crippen LogP contribution in [0.15, 0.2) is 228 Å². The van der Waals surface area contributed by atoms with Gasteiger partial charge in [0.2, 0.25) is 0 Å². The van der Waals surface area contributed by atoms with Crippen molar-refractivity contribution < 1.29 is 0 Å². The van der Waals surface area contributed by atoms with E-state index in [0.717, 1.165) is 56.5 Å². The smallest absolute Gasteiger partial charge is 0.164 e. The number of aromatic nitrogens is 6. The van der Waals surface area contributed by atoms with Gasteiger partial charge in [0, 0.05) is 44.7 Å². The molecule has 0 saturated heterocycles. The van der Waals surface area contributed by atoms with E-state index in [9.17, 15) is 0 Å². The molecule has 6 aromatic carbocycles. The predicted molar refractivity (Wildman–Crippen MR) is 254 cm³/mol. The summed E-state index contributed by atoms with van der Waals surface area (Å²) in [4.78, 5) is 32.2. The van der Waals surface area contributed by atoms with Gasteiger partial charge in [-0.3, -0.25) is 0 Å². The summed E-state index contributed by atoms with van der Waals surface area (Å²) in [6.07, 6.45) is 15.5. The van der Waals surface area contributed by atoms with Crippen molar-refractivity contribution in [2.45, 2.75) is 11.3 Å². The Morgan fingerprint density at radius 3 is 1.52 bits per heavy atom. The molecule has 2 bridgehead atoms. The maximum Gasteiger partial charge on any atom is 0.164 e. The zero-order valence-corrected chi connectivity index (χ0v) is 34.5. The molecule has 0 saturated carbocycles. The molecular formula is C55H38N6S. The van der Waals surface area contributed by atoms with E-state index in [1.54, 1.807) is 6.08 Å². The van der Waals surface area contributed by atoms with Gasteiger partial charge in [0.25, 0.3) is 0 Å². The zero-order valence-electron chi connectivity index (χ0n) is 33.6. The standard InChI is InChI=1S/C55H38N6S/c1-2-16-38(50-56-51(39-17-7-3-8-18-39)58-52(57-50)40-19-9-4-10-20-40)29-27-37-28-31-47-35-46(33-37)48-36-44(30-32-49(48)62-47)43-25-15-26-45(34-43)55-60-53(41-21-11-5-12-22-41)59-54(61-55)42-23-13-6-14-24-42/h2-34,36H,1,35H2/b29-27+,38-16+. The number of hydrogen-bond donors (Lipinski definition) is 0. The van der Waals surface area contributed by atoms with E-state index in [1.807, 2.05) is 139 Å². The average molecular weight is 815 g/mol.